The Hall–Kier alpha value is -0.980. The van der Waals surface area contributed by atoms with Gasteiger partial charge in [0.1, 0.15) is 0 Å². The number of benzene rings is 1. The molecule has 0 aliphatic carbocycles. The molecule has 70 valence electrons. The minimum absolute atomic E-state index is 0.474. The van der Waals surface area contributed by atoms with Crippen molar-refractivity contribution < 1.29 is 0 Å². The van der Waals surface area contributed by atoms with Crippen LogP contribution >= 0.6 is 24.0 Å². The van der Waals surface area contributed by atoms with Gasteiger partial charge in [0.15, 0.2) is 0 Å². The van der Waals surface area contributed by atoms with Gasteiger partial charge in [0.05, 0.1) is 12.5 Å². The fraction of sp³-hybridized carbons (Fsp3) is 0.182. The van der Waals surface area contributed by atoms with E-state index in [2.05, 4.69) is 31.0 Å². The molecule has 0 bridgehead atoms. The molecular formula is C11H9NS2. The van der Waals surface area contributed by atoms with Gasteiger partial charge in [-0.1, -0.05) is 6.07 Å². The Morgan fingerprint density at radius 2 is 2.29 bits per heavy atom. The SMILES string of the molecule is Cc1csc2c(S)ccc(CC#N)c12. The number of rotatable bonds is 1. The van der Waals surface area contributed by atoms with E-state index in [0.717, 1.165) is 10.5 Å². The summed E-state index contributed by atoms with van der Waals surface area (Å²) in [6, 6.07) is 6.15. The van der Waals surface area contributed by atoms with Crippen LogP contribution in [0.15, 0.2) is 22.4 Å². The second-order valence-corrected chi connectivity index (χ2v) is 4.56. The molecule has 0 atom stereocenters. The quantitative estimate of drug-likeness (QED) is 0.728. The molecule has 0 aliphatic heterocycles. The molecule has 2 aromatic rings. The number of hydrogen-bond acceptors (Lipinski definition) is 3. The van der Waals surface area contributed by atoms with Crippen LogP contribution in [0, 0.1) is 18.3 Å². The Balaban J connectivity index is 2.80. The first-order chi connectivity index (χ1) is 6.74. The fourth-order valence-corrected chi connectivity index (χ4v) is 2.96. The van der Waals surface area contributed by atoms with Gasteiger partial charge >= 0.3 is 0 Å². The summed E-state index contributed by atoms with van der Waals surface area (Å²) in [5.41, 5.74) is 2.35. The highest BCUT2D eigenvalue weighted by Crippen LogP contribution is 2.33. The molecule has 3 heteroatoms. The van der Waals surface area contributed by atoms with E-state index in [1.165, 1.54) is 15.6 Å². The first-order valence-corrected chi connectivity index (χ1v) is 5.62. The number of aryl methyl sites for hydroxylation is 1. The monoisotopic (exact) mass is 219 g/mol. The zero-order valence-corrected chi connectivity index (χ0v) is 9.45. The molecule has 0 N–H and O–H groups in total. The van der Waals surface area contributed by atoms with E-state index in [0.29, 0.717) is 6.42 Å². The van der Waals surface area contributed by atoms with Crippen molar-refractivity contribution in [2.45, 2.75) is 18.2 Å². The number of nitriles is 1. The smallest absolute Gasteiger partial charge is 0.0669 e. The van der Waals surface area contributed by atoms with Crippen molar-refractivity contribution >= 4 is 34.1 Å². The van der Waals surface area contributed by atoms with Gasteiger partial charge in [-0.05, 0) is 29.5 Å². The van der Waals surface area contributed by atoms with Crippen LogP contribution in [0.25, 0.3) is 10.1 Å². The highest BCUT2D eigenvalue weighted by atomic mass is 32.1. The van der Waals surface area contributed by atoms with E-state index in [-0.39, 0.29) is 0 Å². The molecule has 1 nitrogen and oxygen atoms in total. The van der Waals surface area contributed by atoms with E-state index in [1.54, 1.807) is 11.3 Å². The Kier molecular flexibility index (Phi) is 2.49. The highest BCUT2D eigenvalue weighted by Gasteiger charge is 2.08. The maximum Gasteiger partial charge on any atom is 0.0669 e. The maximum atomic E-state index is 8.71. The molecule has 0 unspecified atom stereocenters. The van der Waals surface area contributed by atoms with Crippen molar-refractivity contribution in [3.63, 3.8) is 0 Å². The highest BCUT2D eigenvalue weighted by molar-refractivity contribution is 7.80. The Morgan fingerprint density at radius 3 is 3.00 bits per heavy atom. The van der Waals surface area contributed by atoms with Crippen LogP contribution in [-0.4, -0.2) is 0 Å². The lowest BCUT2D eigenvalue weighted by atomic mass is 10.1. The molecule has 0 saturated heterocycles. The van der Waals surface area contributed by atoms with Crippen molar-refractivity contribution in [3.05, 3.63) is 28.6 Å². The van der Waals surface area contributed by atoms with Crippen molar-refractivity contribution in [2.75, 3.05) is 0 Å². The van der Waals surface area contributed by atoms with Crippen LogP contribution in [0.3, 0.4) is 0 Å². The largest absolute Gasteiger partial charge is 0.198 e. The number of hydrogen-bond donors (Lipinski definition) is 1. The number of fused-ring (bicyclic) bond motifs is 1. The second-order valence-electron chi connectivity index (χ2n) is 3.20. The van der Waals surface area contributed by atoms with Gasteiger partial charge in [0, 0.05) is 15.0 Å². The molecular weight excluding hydrogens is 210 g/mol. The summed E-state index contributed by atoms with van der Waals surface area (Å²) in [5.74, 6) is 0. The Labute approximate surface area is 92.4 Å². The normalized spacial score (nSPS) is 10.4. The van der Waals surface area contributed by atoms with E-state index >= 15 is 0 Å². The predicted molar refractivity (Wildman–Crippen MR) is 63.1 cm³/mol. The van der Waals surface area contributed by atoms with Crippen LogP contribution < -0.4 is 0 Å². The molecule has 0 amide bonds. The third kappa shape index (κ3) is 1.41. The van der Waals surface area contributed by atoms with Gasteiger partial charge in [-0.2, -0.15) is 5.26 Å². The summed E-state index contributed by atoms with van der Waals surface area (Å²) < 4.78 is 1.19. The third-order valence-corrected chi connectivity index (χ3v) is 3.90. The number of thiol groups is 1. The zero-order valence-electron chi connectivity index (χ0n) is 7.74. The van der Waals surface area contributed by atoms with Gasteiger partial charge in [-0.15, -0.1) is 24.0 Å². The summed E-state index contributed by atoms with van der Waals surface area (Å²) in [7, 11) is 0. The summed E-state index contributed by atoms with van der Waals surface area (Å²) in [6.07, 6.45) is 0.474. The third-order valence-electron chi connectivity index (χ3n) is 2.24. The zero-order chi connectivity index (χ0) is 10.1. The van der Waals surface area contributed by atoms with E-state index in [4.69, 9.17) is 5.26 Å². The summed E-state index contributed by atoms with van der Waals surface area (Å²) in [4.78, 5) is 1.000. The van der Waals surface area contributed by atoms with E-state index in [1.807, 2.05) is 12.1 Å². The first-order valence-electron chi connectivity index (χ1n) is 4.29. The maximum absolute atomic E-state index is 8.71. The lowest BCUT2D eigenvalue weighted by Gasteiger charge is -2.01. The van der Waals surface area contributed by atoms with Gasteiger partial charge in [-0.25, -0.2) is 0 Å². The molecule has 1 aromatic heterocycles. The predicted octanol–water partition coefficient (Wildman–Crippen LogP) is 3.56. The van der Waals surface area contributed by atoms with Gasteiger partial charge < -0.3 is 0 Å². The summed E-state index contributed by atoms with van der Waals surface area (Å²) in [6.45, 7) is 2.08. The van der Waals surface area contributed by atoms with Crippen LogP contribution in [0.5, 0.6) is 0 Å². The molecule has 0 saturated carbocycles. The minimum Gasteiger partial charge on any atom is -0.198 e. The minimum atomic E-state index is 0.474. The lowest BCUT2D eigenvalue weighted by Crippen LogP contribution is -1.84. The Morgan fingerprint density at radius 1 is 1.50 bits per heavy atom. The van der Waals surface area contributed by atoms with Gasteiger partial charge in [0.25, 0.3) is 0 Å². The average Bonchev–Trinajstić information content (AvgIpc) is 2.55. The van der Waals surface area contributed by atoms with Crippen LogP contribution in [-0.2, 0) is 6.42 Å². The Bertz CT molecular complexity index is 520. The molecule has 1 heterocycles. The standard InChI is InChI=1S/C11H9NS2/c1-7-6-14-11-9(13)3-2-8(4-5-12)10(7)11/h2-3,6,13H,4H2,1H3. The van der Waals surface area contributed by atoms with Crippen molar-refractivity contribution in [2.24, 2.45) is 0 Å². The second kappa shape index (κ2) is 3.64. The summed E-state index contributed by atoms with van der Waals surface area (Å²) >= 11 is 6.10. The van der Waals surface area contributed by atoms with E-state index in [9.17, 15) is 0 Å². The number of nitrogens with zero attached hydrogens (tertiary/aromatic N) is 1. The molecule has 0 spiro atoms. The molecule has 0 aliphatic rings. The van der Waals surface area contributed by atoms with Gasteiger partial charge in [-0.3, -0.25) is 0 Å². The molecule has 14 heavy (non-hydrogen) atoms. The van der Waals surface area contributed by atoms with Crippen LogP contribution in [0.2, 0.25) is 0 Å². The van der Waals surface area contributed by atoms with Crippen LogP contribution in [0.1, 0.15) is 11.1 Å². The van der Waals surface area contributed by atoms with Crippen LogP contribution in [0.4, 0.5) is 0 Å². The van der Waals surface area contributed by atoms with Crippen molar-refractivity contribution in [1.29, 1.82) is 5.26 Å². The average molecular weight is 219 g/mol. The van der Waals surface area contributed by atoms with Gasteiger partial charge in [0.2, 0.25) is 0 Å². The molecule has 0 fully saturated rings. The van der Waals surface area contributed by atoms with E-state index < -0.39 is 0 Å². The van der Waals surface area contributed by atoms with Crippen molar-refractivity contribution in [1.82, 2.24) is 0 Å². The van der Waals surface area contributed by atoms with Crippen molar-refractivity contribution in [3.8, 4) is 6.07 Å². The fourth-order valence-electron chi connectivity index (χ4n) is 1.60. The first kappa shape index (κ1) is 9.57. The number of thiophene rings is 1. The molecule has 2 rings (SSSR count). The summed E-state index contributed by atoms with van der Waals surface area (Å²) in [5, 5.41) is 12.0. The topological polar surface area (TPSA) is 23.8 Å². The molecule has 0 radical (unpaired) electrons. The molecule has 1 aromatic carbocycles. The lowest BCUT2D eigenvalue weighted by molar-refractivity contribution is 1.28.